The van der Waals surface area contributed by atoms with Gasteiger partial charge in [0.05, 0.1) is 18.1 Å². The highest BCUT2D eigenvalue weighted by atomic mass is 32.2. The second-order valence-corrected chi connectivity index (χ2v) is 6.93. The van der Waals surface area contributed by atoms with Crippen LogP contribution in [0.25, 0.3) is 22.3 Å². The summed E-state index contributed by atoms with van der Waals surface area (Å²) >= 11 is 1.39. The van der Waals surface area contributed by atoms with E-state index in [-0.39, 0.29) is 11.8 Å². The van der Waals surface area contributed by atoms with E-state index in [0.29, 0.717) is 22.0 Å². The second-order valence-electron chi connectivity index (χ2n) is 5.92. The van der Waals surface area contributed by atoms with Crippen molar-refractivity contribution in [3.63, 3.8) is 0 Å². The zero-order chi connectivity index (χ0) is 19.5. The molecular formula is C20H15FN6S. The minimum absolute atomic E-state index is 0.150. The molecule has 4 N–H and O–H groups in total. The summed E-state index contributed by atoms with van der Waals surface area (Å²) in [6.07, 6.45) is 6.12. The molecule has 138 valence electrons. The van der Waals surface area contributed by atoms with Crippen LogP contribution in [0, 0.1) is 5.82 Å². The lowest BCUT2D eigenvalue weighted by molar-refractivity contribution is 0.631. The van der Waals surface area contributed by atoms with Crippen LogP contribution in [0.1, 0.15) is 0 Å². The Morgan fingerprint density at radius 3 is 2.18 bits per heavy atom. The molecule has 0 saturated carbocycles. The Bertz CT molecular complexity index is 1120. The molecule has 0 aliphatic carbocycles. The van der Waals surface area contributed by atoms with Crippen molar-refractivity contribution in [3.05, 3.63) is 73.1 Å². The quantitative estimate of drug-likeness (QED) is 0.507. The molecule has 2 heterocycles. The second kappa shape index (κ2) is 7.61. The lowest BCUT2D eigenvalue weighted by Crippen LogP contribution is -1.95. The number of benzene rings is 2. The highest BCUT2D eigenvalue weighted by molar-refractivity contribution is 7.99. The van der Waals surface area contributed by atoms with Crippen LogP contribution in [0.3, 0.4) is 0 Å². The van der Waals surface area contributed by atoms with Gasteiger partial charge in [-0.15, -0.1) is 0 Å². The molecule has 0 bridgehead atoms. The summed E-state index contributed by atoms with van der Waals surface area (Å²) in [5.41, 5.74) is 14.2. The van der Waals surface area contributed by atoms with Crippen LogP contribution in [0.2, 0.25) is 0 Å². The van der Waals surface area contributed by atoms with E-state index in [1.807, 2.05) is 30.3 Å². The molecule has 0 radical (unpaired) electrons. The van der Waals surface area contributed by atoms with Gasteiger partial charge < -0.3 is 11.5 Å². The summed E-state index contributed by atoms with van der Waals surface area (Å²) in [6.45, 7) is 0. The van der Waals surface area contributed by atoms with Gasteiger partial charge in [0, 0.05) is 28.4 Å². The zero-order valence-corrected chi connectivity index (χ0v) is 15.4. The Morgan fingerprint density at radius 1 is 0.750 bits per heavy atom. The largest absolute Gasteiger partial charge is 0.396 e. The molecule has 8 heteroatoms. The number of halogens is 1. The smallest absolute Gasteiger partial charge is 0.219 e. The number of nitrogens with zero attached hydrogens (tertiary/aromatic N) is 4. The molecular weight excluding hydrogens is 375 g/mol. The predicted octanol–water partition coefficient (Wildman–Crippen LogP) is 4.06. The standard InChI is InChI=1S/C20H15FN6S/c21-17-7-12(5-6-15(17)13-8-24-19(23)25-9-13)16-3-1-2-4-18(16)28-20-26-10-14(22)11-27-20/h1-11H,22H2,(H2,23,24,25). The predicted molar refractivity (Wildman–Crippen MR) is 108 cm³/mol. The summed E-state index contributed by atoms with van der Waals surface area (Å²) in [4.78, 5) is 17.2. The molecule has 0 fully saturated rings. The minimum Gasteiger partial charge on any atom is -0.396 e. The van der Waals surface area contributed by atoms with Gasteiger partial charge in [-0.05, 0) is 35.0 Å². The van der Waals surface area contributed by atoms with Gasteiger partial charge in [-0.2, -0.15) is 0 Å². The Kier molecular flexibility index (Phi) is 4.86. The first-order chi connectivity index (χ1) is 13.6. The fraction of sp³-hybridized carbons (Fsp3) is 0. The molecule has 2 aromatic heterocycles. The van der Waals surface area contributed by atoms with Crippen LogP contribution in [0.4, 0.5) is 16.0 Å². The van der Waals surface area contributed by atoms with Crippen LogP contribution < -0.4 is 11.5 Å². The third-order valence-corrected chi connectivity index (χ3v) is 4.97. The lowest BCUT2D eigenvalue weighted by atomic mass is 10.0. The Hall–Kier alpha value is -3.52. The van der Waals surface area contributed by atoms with E-state index in [0.717, 1.165) is 16.0 Å². The Balaban J connectivity index is 1.68. The summed E-state index contributed by atoms with van der Waals surface area (Å²) in [5.74, 6) is -0.217. The topological polar surface area (TPSA) is 104 Å². The minimum atomic E-state index is -0.366. The Labute approximate surface area is 164 Å². The molecule has 0 amide bonds. The van der Waals surface area contributed by atoms with E-state index < -0.39 is 0 Å². The molecule has 0 saturated heterocycles. The summed E-state index contributed by atoms with van der Waals surface area (Å²) in [6, 6.07) is 12.8. The van der Waals surface area contributed by atoms with Crippen molar-refractivity contribution in [3.8, 4) is 22.3 Å². The van der Waals surface area contributed by atoms with Crippen molar-refractivity contribution < 1.29 is 4.39 Å². The number of rotatable bonds is 4. The molecule has 0 spiro atoms. The van der Waals surface area contributed by atoms with Crippen molar-refractivity contribution in [2.75, 3.05) is 11.5 Å². The summed E-state index contributed by atoms with van der Waals surface area (Å²) < 4.78 is 14.8. The molecule has 0 unspecified atom stereocenters. The van der Waals surface area contributed by atoms with Crippen LogP contribution in [0.5, 0.6) is 0 Å². The molecule has 6 nitrogen and oxygen atoms in total. The average Bonchev–Trinajstić information content (AvgIpc) is 2.71. The highest BCUT2D eigenvalue weighted by Crippen LogP contribution is 2.36. The van der Waals surface area contributed by atoms with E-state index >= 15 is 0 Å². The van der Waals surface area contributed by atoms with Crippen LogP contribution in [-0.2, 0) is 0 Å². The van der Waals surface area contributed by atoms with Crippen molar-refractivity contribution in [2.45, 2.75) is 10.1 Å². The van der Waals surface area contributed by atoms with Crippen molar-refractivity contribution in [1.29, 1.82) is 0 Å². The maximum Gasteiger partial charge on any atom is 0.219 e. The van der Waals surface area contributed by atoms with Gasteiger partial charge in [-0.1, -0.05) is 30.3 Å². The van der Waals surface area contributed by atoms with E-state index in [1.54, 1.807) is 18.5 Å². The van der Waals surface area contributed by atoms with E-state index in [9.17, 15) is 4.39 Å². The number of anilines is 2. The van der Waals surface area contributed by atoms with Gasteiger partial charge in [0.1, 0.15) is 5.82 Å². The molecule has 0 aliphatic heterocycles. The van der Waals surface area contributed by atoms with E-state index in [2.05, 4.69) is 19.9 Å². The number of aromatic nitrogens is 4. The molecule has 0 aliphatic rings. The van der Waals surface area contributed by atoms with Gasteiger partial charge in [0.2, 0.25) is 5.95 Å². The molecule has 4 aromatic rings. The van der Waals surface area contributed by atoms with E-state index in [4.69, 9.17) is 11.5 Å². The van der Waals surface area contributed by atoms with Gasteiger partial charge in [-0.3, -0.25) is 0 Å². The van der Waals surface area contributed by atoms with Crippen LogP contribution in [-0.4, -0.2) is 19.9 Å². The van der Waals surface area contributed by atoms with Gasteiger partial charge in [0.15, 0.2) is 5.16 Å². The number of nitrogen functional groups attached to an aromatic ring is 2. The maximum absolute atomic E-state index is 14.8. The first kappa shape index (κ1) is 17.9. The number of hydrogen-bond acceptors (Lipinski definition) is 7. The van der Waals surface area contributed by atoms with E-state index in [1.165, 1.54) is 30.2 Å². The third kappa shape index (κ3) is 3.77. The van der Waals surface area contributed by atoms with Crippen LogP contribution >= 0.6 is 11.8 Å². The Morgan fingerprint density at radius 2 is 1.46 bits per heavy atom. The highest BCUT2D eigenvalue weighted by Gasteiger charge is 2.12. The van der Waals surface area contributed by atoms with Gasteiger partial charge in [0.25, 0.3) is 0 Å². The van der Waals surface area contributed by atoms with Crippen LogP contribution in [0.15, 0.2) is 77.3 Å². The maximum atomic E-state index is 14.8. The zero-order valence-electron chi connectivity index (χ0n) is 14.6. The summed E-state index contributed by atoms with van der Waals surface area (Å²) in [5, 5.41) is 0.567. The number of nitrogens with two attached hydrogens (primary N) is 2. The van der Waals surface area contributed by atoms with Gasteiger partial charge >= 0.3 is 0 Å². The van der Waals surface area contributed by atoms with Crippen molar-refractivity contribution in [2.24, 2.45) is 0 Å². The fourth-order valence-corrected chi connectivity index (χ4v) is 3.52. The number of hydrogen-bond donors (Lipinski definition) is 2. The molecule has 4 rings (SSSR count). The van der Waals surface area contributed by atoms with Crippen molar-refractivity contribution >= 4 is 23.4 Å². The average molecular weight is 390 g/mol. The molecule has 0 atom stereocenters. The fourth-order valence-electron chi connectivity index (χ4n) is 2.67. The molecule has 28 heavy (non-hydrogen) atoms. The molecule has 2 aromatic carbocycles. The first-order valence-electron chi connectivity index (χ1n) is 8.32. The SMILES string of the molecule is Nc1cnc(Sc2ccccc2-c2ccc(-c3cnc(N)nc3)c(F)c2)nc1. The lowest BCUT2D eigenvalue weighted by Gasteiger charge is -2.10. The first-order valence-corrected chi connectivity index (χ1v) is 9.14. The van der Waals surface area contributed by atoms with Gasteiger partial charge in [-0.25, -0.2) is 24.3 Å². The van der Waals surface area contributed by atoms with Crippen molar-refractivity contribution in [1.82, 2.24) is 19.9 Å². The third-order valence-electron chi connectivity index (χ3n) is 4.00. The normalized spacial score (nSPS) is 10.8. The monoisotopic (exact) mass is 390 g/mol. The summed E-state index contributed by atoms with van der Waals surface area (Å²) in [7, 11) is 0.